The number of halogens is 2. The Morgan fingerprint density at radius 3 is 2.68 bits per heavy atom. The van der Waals surface area contributed by atoms with Gasteiger partial charge in [0.25, 0.3) is 0 Å². The fourth-order valence-electron chi connectivity index (χ4n) is 1.78. The molecular formula is C15H12BrFO2. The van der Waals surface area contributed by atoms with E-state index in [9.17, 15) is 9.18 Å². The Bertz CT molecular complexity index is 591. The first kappa shape index (κ1) is 13.7. The molecule has 0 atom stereocenters. The Morgan fingerprint density at radius 1 is 1.26 bits per heavy atom. The highest BCUT2D eigenvalue weighted by Crippen LogP contribution is 2.23. The third-order valence-corrected chi connectivity index (χ3v) is 3.01. The van der Waals surface area contributed by atoms with Crippen molar-refractivity contribution < 1.29 is 13.9 Å². The molecule has 0 amide bonds. The van der Waals surface area contributed by atoms with Gasteiger partial charge in [0.15, 0.2) is 5.78 Å². The van der Waals surface area contributed by atoms with Crippen LogP contribution in [0.5, 0.6) is 5.75 Å². The van der Waals surface area contributed by atoms with Crippen molar-refractivity contribution in [1.29, 1.82) is 0 Å². The monoisotopic (exact) mass is 322 g/mol. The lowest BCUT2D eigenvalue weighted by Crippen LogP contribution is -2.05. The number of benzene rings is 2. The Kier molecular flexibility index (Phi) is 4.32. The number of ether oxygens (including phenoxy) is 1. The van der Waals surface area contributed by atoms with E-state index in [1.54, 1.807) is 30.3 Å². The van der Waals surface area contributed by atoms with Gasteiger partial charge in [-0.2, -0.15) is 0 Å². The molecule has 0 aliphatic carbocycles. The Balaban J connectivity index is 2.44. The number of hydrogen-bond acceptors (Lipinski definition) is 2. The van der Waals surface area contributed by atoms with Gasteiger partial charge in [0, 0.05) is 10.0 Å². The molecule has 19 heavy (non-hydrogen) atoms. The normalized spacial score (nSPS) is 10.3. The van der Waals surface area contributed by atoms with E-state index >= 15 is 0 Å². The molecule has 0 N–H and O–H groups in total. The van der Waals surface area contributed by atoms with Gasteiger partial charge < -0.3 is 4.74 Å². The van der Waals surface area contributed by atoms with E-state index in [1.807, 2.05) is 6.92 Å². The predicted molar refractivity (Wildman–Crippen MR) is 75.1 cm³/mol. The minimum absolute atomic E-state index is 0.260. The maximum atomic E-state index is 13.3. The highest BCUT2D eigenvalue weighted by atomic mass is 79.9. The van der Waals surface area contributed by atoms with Crippen LogP contribution in [-0.4, -0.2) is 12.4 Å². The van der Waals surface area contributed by atoms with Crippen LogP contribution in [-0.2, 0) is 0 Å². The average molecular weight is 323 g/mol. The van der Waals surface area contributed by atoms with Crippen LogP contribution in [0.2, 0.25) is 0 Å². The van der Waals surface area contributed by atoms with E-state index in [1.165, 1.54) is 12.1 Å². The molecule has 2 aromatic carbocycles. The van der Waals surface area contributed by atoms with E-state index in [2.05, 4.69) is 15.9 Å². The summed E-state index contributed by atoms with van der Waals surface area (Å²) in [5.74, 6) is -0.203. The third kappa shape index (κ3) is 3.20. The minimum atomic E-state index is -0.452. The van der Waals surface area contributed by atoms with Gasteiger partial charge in [-0.05, 0) is 37.3 Å². The number of carbonyl (C=O) groups excluding carboxylic acids is 1. The molecule has 0 aliphatic heterocycles. The van der Waals surface area contributed by atoms with Crippen molar-refractivity contribution in [2.24, 2.45) is 0 Å². The van der Waals surface area contributed by atoms with Crippen molar-refractivity contribution in [3.05, 3.63) is 63.9 Å². The molecule has 0 aromatic heterocycles. The molecule has 0 fully saturated rings. The Hall–Kier alpha value is -1.68. The van der Waals surface area contributed by atoms with Crippen LogP contribution >= 0.6 is 15.9 Å². The molecule has 2 aromatic rings. The van der Waals surface area contributed by atoms with Crippen molar-refractivity contribution in [3.63, 3.8) is 0 Å². The third-order valence-electron chi connectivity index (χ3n) is 2.56. The molecule has 2 rings (SSSR count). The largest absolute Gasteiger partial charge is 0.493 e. The van der Waals surface area contributed by atoms with Gasteiger partial charge in [0.05, 0.1) is 12.2 Å². The summed E-state index contributed by atoms with van der Waals surface area (Å²) in [5, 5.41) is 0. The lowest BCUT2D eigenvalue weighted by molar-refractivity contribution is 0.103. The summed E-state index contributed by atoms with van der Waals surface area (Å²) in [7, 11) is 0. The second-order valence-electron chi connectivity index (χ2n) is 3.92. The molecule has 4 heteroatoms. The zero-order valence-corrected chi connectivity index (χ0v) is 11.9. The quantitative estimate of drug-likeness (QED) is 0.788. The van der Waals surface area contributed by atoms with E-state index in [0.29, 0.717) is 28.0 Å². The summed E-state index contributed by atoms with van der Waals surface area (Å²) in [5.41, 5.74) is 0.723. The van der Waals surface area contributed by atoms with Gasteiger partial charge in [-0.15, -0.1) is 0 Å². The standard InChI is InChI=1S/C15H12BrFO2/c1-2-19-14-6-4-3-5-13(14)15(18)10-7-11(16)9-12(17)8-10/h3-9H,2H2,1H3. The molecule has 0 bridgehead atoms. The molecular weight excluding hydrogens is 311 g/mol. The van der Waals surface area contributed by atoms with Crippen LogP contribution in [0, 0.1) is 5.82 Å². The summed E-state index contributed by atoms with van der Waals surface area (Å²) < 4.78 is 19.3. The van der Waals surface area contributed by atoms with Gasteiger partial charge >= 0.3 is 0 Å². The number of carbonyl (C=O) groups is 1. The summed E-state index contributed by atoms with van der Waals surface area (Å²) in [6.07, 6.45) is 0. The summed E-state index contributed by atoms with van der Waals surface area (Å²) in [4.78, 5) is 12.4. The van der Waals surface area contributed by atoms with Gasteiger partial charge in [0.2, 0.25) is 0 Å². The Labute approximate surface area is 119 Å². The molecule has 0 unspecified atom stereocenters. The first-order valence-corrected chi connectivity index (χ1v) is 6.63. The van der Waals surface area contributed by atoms with Gasteiger partial charge in [-0.1, -0.05) is 28.1 Å². The number of rotatable bonds is 4. The van der Waals surface area contributed by atoms with Crippen LogP contribution in [0.1, 0.15) is 22.8 Å². The molecule has 2 nitrogen and oxygen atoms in total. The molecule has 0 spiro atoms. The van der Waals surface area contributed by atoms with Crippen molar-refractivity contribution in [1.82, 2.24) is 0 Å². The number of para-hydroxylation sites is 1. The molecule has 0 saturated carbocycles. The second-order valence-corrected chi connectivity index (χ2v) is 4.83. The summed E-state index contributed by atoms with van der Waals surface area (Å²) in [6, 6.07) is 11.1. The van der Waals surface area contributed by atoms with E-state index in [4.69, 9.17) is 4.74 Å². The summed E-state index contributed by atoms with van der Waals surface area (Å²) in [6.45, 7) is 2.32. The minimum Gasteiger partial charge on any atom is -0.493 e. The topological polar surface area (TPSA) is 26.3 Å². The highest BCUT2D eigenvalue weighted by molar-refractivity contribution is 9.10. The van der Waals surface area contributed by atoms with E-state index in [-0.39, 0.29) is 5.78 Å². The highest BCUT2D eigenvalue weighted by Gasteiger charge is 2.15. The van der Waals surface area contributed by atoms with Crippen molar-refractivity contribution in [3.8, 4) is 5.75 Å². The first-order valence-electron chi connectivity index (χ1n) is 5.84. The van der Waals surface area contributed by atoms with Crippen molar-refractivity contribution in [2.45, 2.75) is 6.92 Å². The van der Waals surface area contributed by atoms with Crippen LogP contribution in [0.3, 0.4) is 0 Å². The molecule has 0 saturated heterocycles. The van der Waals surface area contributed by atoms with Crippen LogP contribution < -0.4 is 4.74 Å². The zero-order chi connectivity index (χ0) is 13.8. The number of ketones is 1. The smallest absolute Gasteiger partial charge is 0.196 e. The van der Waals surface area contributed by atoms with Gasteiger partial charge in [-0.25, -0.2) is 4.39 Å². The van der Waals surface area contributed by atoms with Crippen LogP contribution in [0.4, 0.5) is 4.39 Å². The maximum absolute atomic E-state index is 13.3. The fraction of sp³-hybridized carbons (Fsp3) is 0.133. The second kappa shape index (κ2) is 5.97. The SMILES string of the molecule is CCOc1ccccc1C(=O)c1cc(F)cc(Br)c1. The maximum Gasteiger partial charge on any atom is 0.196 e. The van der Waals surface area contributed by atoms with Crippen LogP contribution in [0.25, 0.3) is 0 Å². The number of hydrogen-bond donors (Lipinski definition) is 0. The Morgan fingerprint density at radius 2 is 2.00 bits per heavy atom. The van der Waals surface area contributed by atoms with Crippen LogP contribution in [0.15, 0.2) is 46.9 Å². The lowest BCUT2D eigenvalue weighted by Gasteiger charge is -2.09. The fourth-order valence-corrected chi connectivity index (χ4v) is 2.24. The predicted octanol–water partition coefficient (Wildman–Crippen LogP) is 4.22. The van der Waals surface area contributed by atoms with E-state index < -0.39 is 5.82 Å². The zero-order valence-electron chi connectivity index (χ0n) is 10.3. The summed E-state index contributed by atoms with van der Waals surface area (Å²) >= 11 is 3.18. The average Bonchev–Trinajstić information content (AvgIpc) is 2.38. The molecule has 98 valence electrons. The van der Waals surface area contributed by atoms with Crippen molar-refractivity contribution in [2.75, 3.05) is 6.61 Å². The first-order chi connectivity index (χ1) is 9.11. The van der Waals surface area contributed by atoms with Gasteiger partial charge in [0.1, 0.15) is 11.6 Å². The van der Waals surface area contributed by atoms with E-state index in [0.717, 1.165) is 0 Å². The lowest BCUT2D eigenvalue weighted by atomic mass is 10.0. The van der Waals surface area contributed by atoms with Crippen molar-refractivity contribution >= 4 is 21.7 Å². The molecule has 0 aliphatic rings. The van der Waals surface area contributed by atoms with Gasteiger partial charge in [-0.3, -0.25) is 4.79 Å². The molecule has 0 radical (unpaired) electrons. The molecule has 0 heterocycles.